The molecule has 32 heavy (non-hydrogen) atoms. The molecule has 0 saturated heterocycles. The quantitative estimate of drug-likeness (QED) is 0.404. The lowest BCUT2D eigenvalue weighted by atomic mass is 9.98. The second-order valence-electron chi connectivity index (χ2n) is 8.45. The molecule has 2 heterocycles. The van der Waals surface area contributed by atoms with Gasteiger partial charge in [0.1, 0.15) is 11.4 Å². The van der Waals surface area contributed by atoms with Gasteiger partial charge < -0.3 is 9.64 Å². The summed E-state index contributed by atoms with van der Waals surface area (Å²) >= 11 is 0. The first-order chi connectivity index (χ1) is 15.7. The molecule has 2 aliphatic rings. The molecule has 0 bridgehead atoms. The van der Waals surface area contributed by atoms with Gasteiger partial charge >= 0.3 is 0 Å². The van der Waals surface area contributed by atoms with Crippen LogP contribution in [0.25, 0.3) is 5.57 Å². The zero-order valence-electron chi connectivity index (χ0n) is 19.1. The third-order valence-corrected chi connectivity index (χ3v) is 6.12. The van der Waals surface area contributed by atoms with E-state index in [0.717, 1.165) is 62.1 Å². The van der Waals surface area contributed by atoms with Crippen molar-refractivity contribution in [2.75, 3.05) is 24.6 Å². The Balaban J connectivity index is 1.75. The second-order valence-corrected chi connectivity index (χ2v) is 8.45. The number of fused-ring (bicyclic) bond motifs is 1. The first kappa shape index (κ1) is 22.1. The molecule has 5 heteroatoms. The third-order valence-electron chi connectivity index (χ3n) is 6.12. The van der Waals surface area contributed by atoms with E-state index in [1.165, 1.54) is 10.5 Å². The van der Waals surface area contributed by atoms with Crippen LogP contribution in [0.3, 0.4) is 0 Å². The lowest BCUT2D eigenvalue weighted by Crippen LogP contribution is -2.37. The molecule has 0 aromatic heterocycles. The van der Waals surface area contributed by atoms with Gasteiger partial charge in [-0.3, -0.25) is 14.5 Å². The number of nitrogens with zero attached hydrogens (tertiary/aromatic N) is 2. The van der Waals surface area contributed by atoms with Gasteiger partial charge in [-0.2, -0.15) is 0 Å². The average Bonchev–Trinajstić information content (AvgIpc) is 3.07. The summed E-state index contributed by atoms with van der Waals surface area (Å²) in [7, 11) is 0. The van der Waals surface area contributed by atoms with Crippen LogP contribution in [0.15, 0.2) is 54.2 Å². The lowest BCUT2D eigenvalue weighted by Gasteiger charge is -2.32. The highest BCUT2D eigenvalue weighted by molar-refractivity contribution is 6.36. The number of imide groups is 1. The molecule has 5 nitrogen and oxygen atoms in total. The molecule has 0 unspecified atom stereocenters. The monoisotopic (exact) mass is 432 g/mol. The molecule has 0 aliphatic carbocycles. The van der Waals surface area contributed by atoms with Crippen LogP contribution in [0.4, 0.5) is 5.69 Å². The van der Waals surface area contributed by atoms with Gasteiger partial charge in [-0.15, -0.1) is 0 Å². The highest BCUT2D eigenvalue weighted by atomic mass is 16.5. The van der Waals surface area contributed by atoms with Crippen molar-refractivity contribution >= 4 is 23.1 Å². The summed E-state index contributed by atoms with van der Waals surface area (Å²) in [5.74, 6) is 0.410. The maximum Gasteiger partial charge on any atom is 0.278 e. The molecule has 2 aromatic rings. The van der Waals surface area contributed by atoms with Crippen LogP contribution >= 0.6 is 0 Å². The highest BCUT2D eigenvalue weighted by Crippen LogP contribution is 2.38. The van der Waals surface area contributed by atoms with Gasteiger partial charge in [0.15, 0.2) is 0 Å². The van der Waals surface area contributed by atoms with Gasteiger partial charge in [-0.25, -0.2) is 0 Å². The summed E-state index contributed by atoms with van der Waals surface area (Å²) in [5, 5.41) is 0. The van der Waals surface area contributed by atoms with Crippen LogP contribution in [0, 0.1) is 0 Å². The standard InChI is InChI=1S/C27H32N2O3/c1-3-5-8-17-29-26(30)24(21-13-15-22(16-14-21)32-19-4-2)25(27(29)31)28-18-9-11-20-10-6-7-12-23(20)28/h6-7,10,12-16H,3-5,8-9,11,17-19H2,1-2H3. The number of hydrogen-bond donors (Lipinski definition) is 0. The number of anilines is 1. The summed E-state index contributed by atoms with van der Waals surface area (Å²) < 4.78 is 5.71. The van der Waals surface area contributed by atoms with Gasteiger partial charge in [-0.1, -0.05) is 57.0 Å². The first-order valence-electron chi connectivity index (χ1n) is 11.8. The number of carbonyl (C=O) groups excluding carboxylic acids is 2. The van der Waals surface area contributed by atoms with Gasteiger partial charge in [0.05, 0.1) is 12.2 Å². The average molecular weight is 433 g/mol. The Kier molecular flexibility index (Phi) is 6.93. The zero-order valence-corrected chi connectivity index (χ0v) is 19.1. The Morgan fingerprint density at radius 2 is 1.69 bits per heavy atom. The number of carbonyl (C=O) groups is 2. The van der Waals surface area contributed by atoms with E-state index in [1.807, 2.05) is 36.4 Å². The minimum absolute atomic E-state index is 0.177. The fourth-order valence-corrected chi connectivity index (χ4v) is 4.50. The van der Waals surface area contributed by atoms with Crippen molar-refractivity contribution in [3.63, 3.8) is 0 Å². The van der Waals surface area contributed by atoms with Gasteiger partial charge in [0.2, 0.25) is 0 Å². The Hall–Kier alpha value is -3.08. The molecular formula is C27H32N2O3. The number of benzene rings is 2. The zero-order chi connectivity index (χ0) is 22.5. The number of aryl methyl sites for hydroxylation is 1. The predicted octanol–water partition coefficient (Wildman–Crippen LogP) is 5.20. The maximum atomic E-state index is 13.6. The molecule has 2 aromatic carbocycles. The van der Waals surface area contributed by atoms with Gasteiger partial charge in [0.25, 0.3) is 11.8 Å². The number of unbranched alkanes of at least 4 members (excludes halogenated alkanes) is 2. The van der Waals surface area contributed by atoms with E-state index in [9.17, 15) is 9.59 Å². The SMILES string of the molecule is CCCCCN1C(=O)C(c2ccc(OCCC)cc2)=C(N2CCCc3ccccc32)C1=O. The lowest BCUT2D eigenvalue weighted by molar-refractivity contribution is -0.137. The van der Waals surface area contributed by atoms with E-state index >= 15 is 0 Å². The van der Waals surface area contributed by atoms with Crippen LogP contribution < -0.4 is 9.64 Å². The molecule has 168 valence electrons. The van der Waals surface area contributed by atoms with Crippen LogP contribution in [0.2, 0.25) is 0 Å². The summed E-state index contributed by atoms with van der Waals surface area (Å²) in [6.45, 7) is 6.04. The maximum absolute atomic E-state index is 13.6. The van der Waals surface area contributed by atoms with Crippen molar-refractivity contribution in [3.05, 3.63) is 65.4 Å². The molecule has 4 rings (SSSR count). The molecule has 0 saturated carbocycles. The van der Waals surface area contributed by atoms with Gasteiger partial charge in [-0.05, 0) is 55.0 Å². The van der Waals surface area contributed by atoms with Crippen molar-refractivity contribution < 1.29 is 14.3 Å². The van der Waals surface area contributed by atoms with Gasteiger partial charge in [0, 0.05) is 18.8 Å². The van der Waals surface area contributed by atoms with Crippen molar-refractivity contribution in [1.29, 1.82) is 0 Å². The van der Waals surface area contributed by atoms with E-state index in [-0.39, 0.29) is 11.8 Å². The van der Waals surface area contributed by atoms with E-state index in [4.69, 9.17) is 4.74 Å². The third kappa shape index (κ3) is 4.29. The number of hydrogen-bond acceptors (Lipinski definition) is 4. The summed E-state index contributed by atoms with van der Waals surface area (Å²) in [4.78, 5) is 30.6. The normalized spacial score (nSPS) is 16.1. The van der Waals surface area contributed by atoms with Crippen LogP contribution in [-0.2, 0) is 16.0 Å². The van der Waals surface area contributed by atoms with Crippen molar-refractivity contribution in [2.24, 2.45) is 0 Å². The molecule has 0 atom stereocenters. The number of ether oxygens (including phenoxy) is 1. The number of amides is 2. The fourth-order valence-electron chi connectivity index (χ4n) is 4.50. The van der Waals surface area contributed by atoms with Crippen LogP contribution in [0.1, 0.15) is 57.1 Å². The Morgan fingerprint density at radius 1 is 0.906 bits per heavy atom. The largest absolute Gasteiger partial charge is 0.494 e. The minimum atomic E-state index is -0.189. The van der Waals surface area contributed by atoms with E-state index in [1.54, 1.807) is 0 Å². The Morgan fingerprint density at radius 3 is 2.44 bits per heavy atom. The Labute approximate surface area is 190 Å². The topological polar surface area (TPSA) is 49.9 Å². The minimum Gasteiger partial charge on any atom is -0.494 e. The second kappa shape index (κ2) is 10.0. The summed E-state index contributed by atoms with van der Waals surface area (Å²) in [5.41, 5.74) is 4.04. The number of para-hydroxylation sites is 1. The molecule has 0 fully saturated rings. The first-order valence-corrected chi connectivity index (χ1v) is 11.8. The Bertz CT molecular complexity index is 1010. The van der Waals surface area contributed by atoms with Crippen molar-refractivity contribution in [1.82, 2.24) is 4.90 Å². The molecule has 0 N–H and O–H groups in total. The van der Waals surface area contributed by atoms with Crippen LogP contribution in [-0.4, -0.2) is 36.4 Å². The van der Waals surface area contributed by atoms with Crippen LogP contribution in [0.5, 0.6) is 5.75 Å². The molecule has 2 amide bonds. The summed E-state index contributed by atoms with van der Waals surface area (Å²) in [6, 6.07) is 15.8. The van der Waals surface area contributed by atoms with E-state index in [2.05, 4.69) is 30.9 Å². The van der Waals surface area contributed by atoms with E-state index in [0.29, 0.717) is 24.4 Å². The fraction of sp³-hybridized carbons (Fsp3) is 0.407. The number of rotatable bonds is 9. The molecule has 2 aliphatic heterocycles. The smallest absolute Gasteiger partial charge is 0.278 e. The molecule has 0 spiro atoms. The van der Waals surface area contributed by atoms with Crippen molar-refractivity contribution in [2.45, 2.75) is 52.4 Å². The highest BCUT2D eigenvalue weighted by Gasteiger charge is 2.42. The summed E-state index contributed by atoms with van der Waals surface area (Å²) in [6.07, 6.45) is 5.75. The van der Waals surface area contributed by atoms with E-state index < -0.39 is 0 Å². The molecular weight excluding hydrogens is 400 g/mol. The predicted molar refractivity (Wildman–Crippen MR) is 128 cm³/mol. The molecule has 0 radical (unpaired) electrons. The van der Waals surface area contributed by atoms with Crippen molar-refractivity contribution in [3.8, 4) is 5.75 Å².